The molecule has 1 amide bonds. The Bertz CT molecular complexity index is 745. The van der Waals surface area contributed by atoms with Gasteiger partial charge in [-0.05, 0) is 35.9 Å². The maximum absolute atomic E-state index is 12.5. The van der Waals surface area contributed by atoms with Crippen molar-refractivity contribution in [1.82, 2.24) is 9.88 Å². The molecule has 0 spiro atoms. The zero-order chi connectivity index (χ0) is 15.5. The number of thiocarbonyl (C=S) groups is 1. The van der Waals surface area contributed by atoms with Crippen molar-refractivity contribution in [3.05, 3.63) is 69.8 Å². The Balaban J connectivity index is 1.80. The van der Waals surface area contributed by atoms with Crippen LogP contribution in [0.25, 0.3) is 6.08 Å². The predicted octanol–water partition coefficient (Wildman–Crippen LogP) is 4.14. The number of thioether (sulfide) groups is 1. The molecule has 2 aromatic rings. The molecule has 0 radical (unpaired) electrons. The number of carbonyl (C=O) groups excluding carboxylic acids is 1. The molecule has 0 aliphatic carbocycles. The molecule has 3 nitrogen and oxygen atoms in total. The average molecular weight is 347 g/mol. The minimum absolute atomic E-state index is 0.0874. The fraction of sp³-hybridized carbons (Fsp3) is 0.0625. The highest BCUT2D eigenvalue weighted by molar-refractivity contribution is 8.26. The van der Waals surface area contributed by atoms with Gasteiger partial charge in [0.15, 0.2) is 0 Å². The van der Waals surface area contributed by atoms with Gasteiger partial charge in [0.1, 0.15) is 4.32 Å². The zero-order valence-electron chi connectivity index (χ0n) is 11.4. The summed E-state index contributed by atoms with van der Waals surface area (Å²) < 4.78 is 0.558. The van der Waals surface area contributed by atoms with E-state index in [2.05, 4.69) is 4.98 Å². The molecule has 1 aromatic heterocycles. The van der Waals surface area contributed by atoms with Gasteiger partial charge in [-0.25, -0.2) is 0 Å². The summed E-state index contributed by atoms with van der Waals surface area (Å²) in [5.74, 6) is -0.0874. The van der Waals surface area contributed by atoms with Crippen LogP contribution >= 0.6 is 35.6 Å². The van der Waals surface area contributed by atoms with Crippen LogP contribution in [0.15, 0.2) is 53.6 Å². The number of amides is 1. The van der Waals surface area contributed by atoms with Crippen LogP contribution in [0.2, 0.25) is 5.02 Å². The highest BCUT2D eigenvalue weighted by Crippen LogP contribution is 2.33. The summed E-state index contributed by atoms with van der Waals surface area (Å²) in [7, 11) is 0. The minimum Gasteiger partial charge on any atom is -0.288 e. The molecule has 1 aliphatic rings. The lowest BCUT2D eigenvalue weighted by atomic mass is 10.2. The number of benzene rings is 1. The van der Waals surface area contributed by atoms with Crippen molar-refractivity contribution in [2.24, 2.45) is 0 Å². The minimum atomic E-state index is -0.0874. The van der Waals surface area contributed by atoms with Crippen LogP contribution < -0.4 is 0 Å². The second-order valence-electron chi connectivity index (χ2n) is 4.65. The van der Waals surface area contributed by atoms with Gasteiger partial charge in [0.25, 0.3) is 5.91 Å². The number of carbonyl (C=O) groups is 1. The molecule has 2 heterocycles. The van der Waals surface area contributed by atoms with Crippen molar-refractivity contribution in [2.75, 3.05) is 0 Å². The van der Waals surface area contributed by atoms with Crippen molar-refractivity contribution in [3.63, 3.8) is 0 Å². The van der Waals surface area contributed by atoms with E-state index < -0.39 is 0 Å². The first-order valence-electron chi connectivity index (χ1n) is 6.54. The van der Waals surface area contributed by atoms with Gasteiger partial charge in [-0.3, -0.25) is 14.7 Å². The van der Waals surface area contributed by atoms with Crippen LogP contribution in [0.5, 0.6) is 0 Å². The van der Waals surface area contributed by atoms with Gasteiger partial charge >= 0.3 is 0 Å². The van der Waals surface area contributed by atoms with Crippen LogP contribution in [0.4, 0.5) is 0 Å². The molecule has 22 heavy (non-hydrogen) atoms. The summed E-state index contributed by atoms with van der Waals surface area (Å²) in [5.41, 5.74) is 1.73. The fourth-order valence-electron chi connectivity index (χ4n) is 2.00. The molecular weight excluding hydrogens is 336 g/mol. The topological polar surface area (TPSA) is 33.2 Å². The van der Waals surface area contributed by atoms with E-state index in [9.17, 15) is 4.79 Å². The molecule has 0 N–H and O–H groups in total. The average Bonchev–Trinajstić information content (AvgIpc) is 2.78. The maximum Gasteiger partial charge on any atom is 0.266 e. The summed E-state index contributed by atoms with van der Waals surface area (Å²) in [4.78, 5) is 18.9. The van der Waals surface area contributed by atoms with Crippen LogP contribution in [-0.2, 0) is 11.3 Å². The van der Waals surface area contributed by atoms with E-state index in [1.165, 1.54) is 11.8 Å². The number of rotatable bonds is 3. The SMILES string of the molecule is O=C1/C(=C/c2ccccn2)SC(=S)N1Cc1ccc(Cl)cc1. The van der Waals surface area contributed by atoms with Gasteiger partial charge in [0.05, 0.1) is 17.1 Å². The molecule has 1 aromatic carbocycles. The zero-order valence-corrected chi connectivity index (χ0v) is 13.8. The highest BCUT2D eigenvalue weighted by Gasteiger charge is 2.32. The van der Waals surface area contributed by atoms with Crippen LogP contribution in [0.3, 0.4) is 0 Å². The first kappa shape index (κ1) is 15.2. The van der Waals surface area contributed by atoms with Crippen LogP contribution in [0, 0.1) is 0 Å². The molecule has 0 unspecified atom stereocenters. The fourth-order valence-corrected chi connectivity index (χ4v) is 3.37. The summed E-state index contributed by atoms with van der Waals surface area (Å²) >= 11 is 12.5. The smallest absolute Gasteiger partial charge is 0.266 e. The normalized spacial score (nSPS) is 16.6. The molecule has 0 bridgehead atoms. The second-order valence-corrected chi connectivity index (χ2v) is 6.76. The van der Waals surface area contributed by atoms with Gasteiger partial charge in [-0.15, -0.1) is 0 Å². The lowest BCUT2D eigenvalue weighted by Crippen LogP contribution is -2.27. The van der Waals surface area contributed by atoms with Crippen molar-refractivity contribution in [3.8, 4) is 0 Å². The van der Waals surface area contributed by atoms with E-state index in [0.717, 1.165) is 11.3 Å². The Morgan fingerprint density at radius 2 is 2.00 bits per heavy atom. The van der Waals surface area contributed by atoms with Gasteiger partial charge in [0.2, 0.25) is 0 Å². The van der Waals surface area contributed by atoms with E-state index in [1.54, 1.807) is 29.3 Å². The third kappa shape index (κ3) is 3.38. The Kier molecular flexibility index (Phi) is 4.57. The number of hydrogen-bond donors (Lipinski definition) is 0. The van der Waals surface area contributed by atoms with Crippen LogP contribution in [0.1, 0.15) is 11.3 Å². The second kappa shape index (κ2) is 6.60. The molecule has 3 rings (SSSR count). The van der Waals surface area contributed by atoms with Gasteiger partial charge in [-0.2, -0.15) is 0 Å². The number of hydrogen-bond acceptors (Lipinski definition) is 4. The third-order valence-electron chi connectivity index (χ3n) is 3.09. The summed E-state index contributed by atoms with van der Waals surface area (Å²) in [6.45, 7) is 0.446. The van der Waals surface area contributed by atoms with E-state index in [0.29, 0.717) is 20.8 Å². The molecule has 1 saturated heterocycles. The lowest BCUT2D eigenvalue weighted by Gasteiger charge is -2.14. The van der Waals surface area contributed by atoms with Crippen LogP contribution in [-0.4, -0.2) is 20.1 Å². The number of pyridine rings is 1. The van der Waals surface area contributed by atoms with Gasteiger partial charge in [0, 0.05) is 11.2 Å². The molecule has 0 atom stereocenters. The van der Waals surface area contributed by atoms with Crippen molar-refractivity contribution in [2.45, 2.75) is 6.54 Å². The lowest BCUT2D eigenvalue weighted by molar-refractivity contribution is -0.122. The van der Waals surface area contributed by atoms with Gasteiger partial charge < -0.3 is 0 Å². The molecule has 1 fully saturated rings. The number of aromatic nitrogens is 1. The van der Waals surface area contributed by atoms with Crippen molar-refractivity contribution >= 4 is 51.9 Å². The monoisotopic (exact) mass is 346 g/mol. The van der Waals surface area contributed by atoms with E-state index in [-0.39, 0.29) is 5.91 Å². The molecule has 6 heteroatoms. The van der Waals surface area contributed by atoms with E-state index in [4.69, 9.17) is 23.8 Å². The third-order valence-corrected chi connectivity index (χ3v) is 4.72. The maximum atomic E-state index is 12.5. The number of halogens is 1. The Labute approximate surface area is 143 Å². The standard InChI is InChI=1S/C16H11ClN2OS2/c17-12-6-4-11(5-7-12)10-19-15(20)14(22-16(19)21)9-13-3-1-2-8-18-13/h1-9H,10H2/b14-9-. The molecule has 0 saturated carbocycles. The quantitative estimate of drug-likeness (QED) is 0.618. The summed E-state index contributed by atoms with van der Waals surface area (Å²) in [6.07, 6.45) is 3.46. The van der Waals surface area contributed by atoms with E-state index >= 15 is 0 Å². The Morgan fingerprint density at radius 1 is 1.23 bits per heavy atom. The van der Waals surface area contributed by atoms with Crippen molar-refractivity contribution in [1.29, 1.82) is 0 Å². The van der Waals surface area contributed by atoms with Gasteiger partial charge in [-0.1, -0.05) is 53.8 Å². The number of nitrogens with zero attached hydrogens (tertiary/aromatic N) is 2. The molecule has 110 valence electrons. The highest BCUT2D eigenvalue weighted by atomic mass is 35.5. The Hall–Kier alpha value is -1.69. The first-order chi connectivity index (χ1) is 10.6. The van der Waals surface area contributed by atoms with Crippen molar-refractivity contribution < 1.29 is 4.79 Å². The first-order valence-corrected chi connectivity index (χ1v) is 8.14. The summed E-state index contributed by atoms with van der Waals surface area (Å²) in [6, 6.07) is 13.0. The van der Waals surface area contributed by atoms with E-state index in [1.807, 2.05) is 30.3 Å². The summed E-state index contributed by atoms with van der Waals surface area (Å²) in [5, 5.41) is 0.671. The Morgan fingerprint density at radius 3 is 2.68 bits per heavy atom. The largest absolute Gasteiger partial charge is 0.288 e. The molecular formula is C16H11ClN2OS2. The predicted molar refractivity (Wildman–Crippen MR) is 94.4 cm³/mol. The molecule has 1 aliphatic heterocycles.